The molecule has 0 aliphatic heterocycles. The van der Waals surface area contributed by atoms with Crippen LogP contribution in [0.5, 0.6) is 0 Å². The first-order valence-corrected chi connectivity index (χ1v) is 7.22. The molecule has 1 aliphatic rings. The zero-order valence-electron chi connectivity index (χ0n) is 11.2. The highest BCUT2D eigenvalue weighted by Crippen LogP contribution is 2.21. The summed E-state index contributed by atoms with van der Waals surface area (Å²) in [5.41, 5.74) is 0. The molecule has 0 aromatic heterocycles. The lowest BCUT2D eigenvalue weighted by Gasteiger charge is -2.15. The topological polar surface area (TPSA) is 34.1 Å². The summed E-state index contributed by atoms with van der Waals surface area (Å²) in [7, 11) is 0. The normalized spacial score (nSPS) is 24.8. The minimum atomic E-state index is 0.0203. The minimum Gasteiger partial charge on any atom is -0.300 e. The number of ketones is 2. The summed E-state index contributed by atoms with van der Waals surface area (Å²) < 4.78 is 0. The predicted octanol–water partition coefficient (Wildman–Crippen LogP) is 4.07. The van der Waals surface area contributed by atoms with Crippen molar-refractivity contribution in [2.45, 2.75) is 77.6 Å². The molecule has 1 saturated carbocycles. The van der Waals surface area contributed by atoms with E-state index in [2.05, 4.69) is 0 Å². The summed E-state index contributed by atoms with van der Waals surface area (Å²) in [6.07, 6.45) is 11.9. The van der Waals surface area contributed by atoms with Gasteiger partial charge >= 0.3 is 0 Å². The van der Waals surface area contributed by atoms with Gasteiger partial charge < -0.3 is 4.79 Å². The Bertz CT molecular complexity index is 245. The summed E-state index contributed by atoms with van der Waals surface area (Å²) in [5.74, 6) is 0.517. The summed E-state index contributed by atoms with van der Waals surface area (Å²) in [4.78, 5) is 23.2. The Morgan fingerprint density at radius 3 is 2.12 bits per heavy atom. The van der Waals surface area contributed by atoms with Gasteiger partial charge in [-0.05, 0) is 19.8 Å². The van der Waals surface area contributed by atoms with Crippen LogP contribution in [0.2, 0.25) is 0 Å². The Balaban J connectivity index is 2.45. The lowest BCUT2D eigenvalue weighted by atomic mass is 9.88. The Labute approximate surface area is 105 Å². The molecule has 0 saturated heterocycles. The monoisotopic (exact) mass is 238 g/mol. The fourth-order valence-electron chi connectivity index (χ4n) is 2.68. The van der Waals surface area contributed by atoms with Crippen LogP contribution in [0.25, 0.3) is 0 Å². The van der Waals surface area contributed by atoms with Crippen molar-refractivity contribution in [1.29, 1.82) is 0 Å². The lowest BCUT2D eigenvalue weighted by Crippen LogP contribution is -2.17. The second kappa shape index (κ2) is 8.43. The minimum absolute atomic E-state index is 0.0203. The maximum Gasteiger partial charge on any atom is 0.136 e. The molecule has 2 nitrogen and oxygen atoms in total. The Morgan fingerprint density at radius 2 is 1.53 bits per heavy atom. The molecule has 0 aromatic carbocycles. The van der Waals surface area contributed by atoms with Crippen molar-refractivity contribution in [3.63, 3.8) is 0 Å². The maximum atomic E-state index is 12.0. The third-order valence-corrected chi connectivity index (χ3v) is 3.71. The third-order valence-electron chi connectivity index (χ3n) is 3.71. The second-order valence-electron chi connectivity index (χ2n) is 5.44. The lowest BCUT2D eigenvalue weighted by molar-refractivity contribution is -0.127. The van der Waals surface area contributed by atoms with Crippen LogP contribution in [-0.2, 0) is 9.59 Å². The smallest absolute Gasteiger partial charge is 0.136 e. The van der Waals surface area contributed by atoms with Gasteiger partial charge in [-0.2, -0.15) is 0 Å². The second-order valence-corrected chi connectivity index (χ2v) is 5.44. The molecule has 1 rings (SSSR count). The molecular formula is C15H26O2. The Hall–Kier alpha value is -0.660. The van der Waals surface area contributed by atoms with Crippen LogP contribution in [-0.4, -0.2) is 11.6 Å². The van der Waals surface area contributed by atoms with E-state index >= 15 is 0 Å². The van der Waals surface area contributed by atoms with E-state index in [9.17, 15) is 9.59 Å². The molecule has 0 bridgehead atoms. The van der Waals surface area contributed by atoms with Gasteiger partial charge in [0, 0.05) is 18.8 Å². The molecule has 0 spiro atoms. The van der Waals surface area contributed by atoms with Crippen LogP contribution in [0.15, 0.2) is 0 Å². The zero-order valence-corrected chi connectivity index (χ0v) is 11.2. The van der Waals surface area contributed by atoms with Crippen LogP contribution in [0, 0.1) is 5.92 Å². The van der Waals surface area contributed by atoms with Crippen molar-refractivity contribution in [2.24, 2.45) is 5.92 Å². The number of Topliss-reactive ketones (excluding diaryl/α,β-unsaturated/α-hetero) is 2. The molecular weight excluding hydrogens is 212 g/mol. The van der Waals surface area contributed by atoms with Crippen molar-refractivity contribution in [2.75, 3.05) is 0 Å². The van der Waals surface area contributed by atoms with Crippen LogP contribution in [0.4, 0.5) is 0 Å². The van der Waals surface area contributed by atoms with Crippen LogP contribution in [0.1, 0.15) is 77.6 Å². The first kappa shape index (κ1) is 14.4. The van der Waals surface area contributed by atoms with E-state index in [1.54, 1.807) is 6.92 Å². The molecule has 1 fully saturated rings. The molecule has 0 heterocycles. The quantitative estimate of drug-likeness (QED) is 0.727. The zero-order chi connectivity index (χ0) is 12.5. The summed E-state index contributed by atoms with van der Waals surface area (Å²) in [6.45, 7) is 1.60. The van der Waals surface area contributed by atoms with Crippen LogP contribution < -0.4 is 0 Å². The molecule has 0 amide bonds. The van der Waals surface area contributed by atoms with Gasteiger partial charge in [0.25, 0.3) is 0 Å². The van der Waals surface area contributed by atoms with Crippen LogP contribution >= 0.6 is 0 Å². The summed E-state index contributed by atoms with van der Waals surface area (Å²) in [5, 5.41) is 0. The molecule has 1 aliphatic carbocycles. The van der Waals surface area contributed by atoms with Crippen molar-refractivity contribution >= 4 is 11.6 Å². The SMILES string of the molecule is CC(=O)CC1CCCCCCCCCCC1=O. The third kappa shape index (κ3) is 6.60. The molecule has 0 N–H and O–H groups in total. The molecule has 98 valence electrons. The molecule has 0 radical (unpaired) electrons. The first-order chi connectivity index (χ1) is 8.20. The highest BCUT2D eigenvalue weighted by Gasteiger charge is 2.19. The maximum absolute atomic E-state index is 12.0. The van der Waals surface area contributed by atoms with Gasteiger partial charge in [-0.25, -0.2) is 0 Å². The van der Waals surface area contributed by atoms with Gasteiger partial charge in [0.05, 0.1) is 0 Å². The van der Waals surface area contributed by atoms with Gasteiger partial charge in [-0.1, -0.05) is 44.9 Å². The van der Waals surface area contributed by atoms with Crippen LogP contribution in [0.3, 0.4) is 0 Å². The average molecular weight is 238 g/mol. The largest absolute Gasteiger partial charge is 0.300 e. The van der Waals surface area contributed by atoms with E-state index in [1.807, 2.05) is 0 Å². The predicted molar refractivity (Wildman–Crippen MR) is 70.0 cm³/mol. The van der Waals surface area contributed by atoms with E-state index in [0.717, 1.165) is 19.3 Å². The summed E-state index contributed by atoms with van der Waals surface area (Å²) in [6, 6.07) is 0. The van der Waals surface area contributed by atoms with Crippen molar-refractivity contribution in [3.8, 4) is 0 Å². The Morgan fingerprint density at radius 1 is 1.00 bits per heavy atom. The van der Waals surface area contributed by atoms with Crippen molar-refractivity contribution in [1.82, 2.24) is 0 Å². The van der Waals surface area contributed by atoms with E-state index < -0.39 is 0 Å². The standard InChI is InChI=1S/C15H26O2/c1-13(16)12-14-10-8-6-4-2-3-5-7-9-11-15(14)17/h14H,2-12H2,1H3. The molecule has 0 aromatic rings. The van der Waals surface area contributed by atoms with Crippen molar-refractivity contribution < 1.29 is 9.59 Å². The fourth-order valence-corrected chi connectivity index (χ4v) is 2.68. The van der Waals surface area contributed by atoms with Gasteiger partial charge in [0.1, 0.15) is 11.6 Å². The van der Waals surface area contributed by atoms with E-state index in [0.29, 0.717) is 18.6 Å². The highest BCUT2D eigenvalue weighted by molar-refractivity contribution is 5.86. The fraction of sp³-hybridized carbons (Fsp3) is 0.867. The molecule has 1 atom stereocenters. The van der Waals surface area contributed by atoms with E-state index in [1.165, 1.54) is 38.5 Å². The number of hydrogen-bond donors (Lipinski definition) is 0. The Kier molecular flexibility index (Phi) is 7.14. The number of rotatable bonds is 2. The number of carbonyl (C=O) groups is 2. The van der Waals surface area contributed by atoms with Gasteiger partial charge in [-0.3, -0.25) is 4.79 Å². The molecule has 17 heavy (non-hydrogen) atoms. The van der Waals surface area contributed by atoms with Gasteiger partial charge in [-0.15, -0.1) is 0 Å². The van der Waals surface area contributed by atoms with E-state index in [4.69, 9.17) is 0 Å². The van der Waals surface area contributed by atoms with Crippen molar-refractivity contribution in [3.05, 3.63) is 0 Å². The molecule has 1 unspecified atom stereocenters. The average Bonchev–Trinajstić information content (AvgIpc) is 2.27. The number of hydrogen-bond acceptors (Lipinski definition) is 2. The summed E-state index contributed by atoms with van der Waals surface area (Å²) >= 11 is 0. The molecule has 2 heteroatoms. The van der Waals surface area contributed by atoms with Gasteiger partial charge in [0.2, 0.25) is 0 Å². The highest BCUT2D eigenvalue weighted by atomic mass is 16.1. The van der Waals surface area contributed by atoms with Gasteiger partial charge in [0.15, 0.2) is 0 Å². The first-order valence-electron chi connectivity index (χ1n) is 7.22. The van der Waals surface area contributed by atoms with E-state index in [-0.39, 0.29) is 11.7 Å². The number of carbonyl (C=O) groups excluding carboxylic acids is 2.